The molecular weight excluding hydrogens is 404 g/mol. The van der Waals surface area contributed by atoms with Crippen molar-refractivity contribution in [3.63, 3.8) is 0 Å². The van der Waals surface area contributed by atoms with Gasteiger partial charge in [-0.1, -0.05) is 13.8 Å². The summed E-state index contributed by atoms with van der Waals surface area (Å²) in [4.78, 5) is 32.0. The van der Waals surface area contributed by atoms with E-state index < -0.39 is 11.4 Å². The molecule has 0 saturated carbocycles. The zero-order valence-electron chi connectivity index (χ0n) is 17.4. The number of nitrogens with one attached hydrogen (secondary N) is 2. The number of aromatic nitrogens is 2. The largest absolute Gasteiger partial charge is 0.550 e. The summed E-state index contributed by atoms with van der Waals surface area (Å²) >= 11 is 0. The Bertz CT molecular complexity index is 932. The molecule has 4 heterocycles. The van der Waals surface area contributed by atoms with Gasteiger partial charge in [-0.15, -0.1) is 0 Å². The number of ether oxygens (including phenoxy) is 2. The number of amides is 1. The molecule has 0 aromatic carbocycles. The fourth-order valence-electron chi connectivity index (χ4n) is 4.05. The molecule has 10 heteroatoms. The van der Waals surface area contributed by atoms with E-state index in [4.69, 9.17) is 13.9 Å². The molecular formula is C21H25N4O6-. The van der Waals surface area contributed by atoms with E-state index in [1.165, 1.54) is 0 Å². The third kappa shape index (κ3) is 5.02. The molecule has 0 aliphatic carbocycles. The van der Waals surface area contributed by atoms with Crippen LogP contribution in [0.2, 0.25) is 0 Å². The number of anilines is 1. The van der Waals surface area contributed by atoms with E-state index in [-0.39, 0.29) is 43.0 Å². The summed E-state index contributed by atoms with van der Waals surface area (Å²) in [5, 5.41) is 17.0. The number of carbonyl (C=O) groups excluding carboxylic acids is 2. The van der Waals surface area contributed by atoms with Crippen LogP contribution in [0.4, 0.5) is 5.95 Å². The second-order valence-corrected chi connectivity index (χ2v) is 8.65. The Labute approximate surface area is 179 Å². The van der Waals surface area contributed by atoms with Gasteiger partial charge in [0, 0.05) is 18.6 Å². The molecule has 4 atom stereocenters. The van der Waals surface area contributed by atoms with E-state index in [9.17, 15) is 14.7 Å². The predicted octanol–water partition coefficient (Wildman–Crippen LogP) is 0.356. The minimum absolute atomic E-state index is 0.0734. The summed E-state index contributed by atoms with van der Waals surface area (Å²) in [5.41, 5.74) is -0.0340. The molecule has 4 rings (SSSR count). The summed E-state index contributed by atoms with van der Waals surface area (Å²) in [6.45, 7) is 4.14. The molecule has 2 aromatic heterocycles. The number of carbonyl (C=O) groups is 2. The lowest BCUT2D eigenvalue weighted by Gasteiger charge is -2.26. The quantitative estimate of drug-likeness (QED) is 0.609. The van der Waals surface area contributed by atoms with Crippen LogP contribution < -0.4 is 15.7 Å². The maximum atomic E-state index is 12.4. The van der Waals surface area contributed by atoms with Crippen molar-refractivity contribution in [1.29, 1.82) is 0 Å². The molecule has 0 bridgehead atoms. The Morgan fingerprint density at radius 2 is 1.90 bits per heavy atom. The maximum Gasteiger partial charge on any atom is 0.223 e. The number of carboxylic acid groups (broad SMARTS) is 1. The van der Waals surface area contributed by atoms with Gasteiger partial charge in [0.05, 0.1) is 31.6 Å². The van der Waals surface area contributed by atoms with Crippen molar-refractivity contribution >= 4 is 17.8 Å². The molecule has 2 fully saturated rings. The van der Waals surface area contributed by atoms with Gasteiger partial charge in [-0.05, 0) is 30.0 Å². The topological polar surface area (TPSA) is 139 Å². The first-order valence-corrected chi connectivity index (χ1v) is 10.2. The normalized spacial score (nSPS) is 25.2. The van der Waals surface area contributed by atoms with E-state index in [0.29, 0.717) is 30.6 Å². The van der Waals surface area contributed by atoms with Crippen LogP contribution in [0.3, 0.4) is 0 Å². The van der Waals surface area contributed by atoms with Crippen LogP contribution in [0.5, 0.6) is 0 Å². The van der Waals surface area contributed by atoms with Crippen molar-refractivity contribution in [1.82, 2.24) is 15.3 Å². The van der Waals surface area contributed by atoms with E-state index in [0.717, 1.165) is 0 Å². The smallest absolute Gasteiger partial charge is 0.223 e. The van der Waals surface area contributed by atoms with Crippen molar-refractivity contribution in [2.24, 2.45) is 5.41 Å². The van der Waals surface area contributed by atoms with Crippen LogP contribution in [-0.4, -0.2) is 59.3 Å². The van der Waals surface area contributed by atoms with Crippen molar-refractivity contribution in [2.75, 3.05) is 18.5 Å². The van der Waals surface area contributed by atoms with Gasteiger partial charge >= 0.3 is 0 Å². The van der Waals surface area contributed by atoms with Crippen LogP contribution in [0, 0.1) is 5.41 Å². The minimum Gasteiger partial charge on any atom is -0.550 e. The highest BCUT2D eigenvalue weighted by molar-refractivity contribution is 5.78. The Morgan fingerprint density at radius 3 is 2.61 bits per heavy atom. The molecule has 2 N–H and O–H groups in total. The zero-order chi connectivity index (χ0) is 22.0. The lowest BCUT2D eigenvalue weighted by Crippen LogP contribution is -2.46. The van der Waals surface area contributed by atoms with Gasteiger partial charge in [-0.3, -0.25) is 4.79 Å². The molecule has 31 heavy (non-hydrogen) atoms. The van der Waals surface area contributed by atoms with Crippen LogP contribution in [-0.2, 0) is 19.1 Å². The number of nitrogens with zero attached hydrogens (tertiary/aromatic N) is 2. The molecule has 10 nitrogen and oxygen atoms in total. The van der Waals surface area contributed by atoms with Gasteiger partial charge in [-0.25, -0.2) is 9.97 Å². The van der Waals surface area contributed by atoms with Gasteiger partial charge in [0.1, 0.15) is 17.9 Å². The van der Waals surface area contributed by atoms with E-state index in [1.807, 2.05) is 6.07 Å². The van der Waals surface area contributed by atoms with Crippen LogP contribution in [0.25, 0.3) is 11.5 Å². The van der Waals surface area contributed by atoms with Gasteiger partial charge in [0.15, 0.2) is 5.76 Å². The summed E-state index contributed by atoms with van der Waals surface area (Å²) in [7, 11) is 0. The van der Waals surface area contributed by atoms with Crippen LogP contribution in [0.15, 0.2) is 35.1 Å². The third-order valence-corrected chi connectivity index (χ3v) is 5.41. The van der Waals surface area contributed by atoms with E-state index in [2.05, 4.69) is 20.6 Å². The standard InChI is InChI=1S/C21H26N4O6/c1-21(2,9-17(27)28)8-16(26)23-13-10-30-19-14(11-31-18(13)19)25-20-22-6-5-12(24-20)15-4-3-7-29-15/h3-7,13-14,18-19H,8-11H2,1-2H3,(H,23,26)(H,27,28)(H,22,24,25)/p-1/t13-,14-,18+,19+/m0/s1. The molecule has 0 spiro atoms. The number of rotatable bonds is 8. The fourth-order valence-corrected chi connectivity index (χ4v) is 4.05. The number of fused-ring (bicyclic) bond motifs is 1. The average molecular weight is 429 g/mol. The first-order chi connectivity index (χ1) is 14.8. The maximum absolute atomic E-state index is 12.4. The second kappa shape index (κ2) is 8.64. The molecule has 2 saturated heterocycles. The zero-order valence-corrected chi connectivity index (χ0v) is 17.4. The third-order valence-electron chi connectivity index (χ3n) is 5.41. The van der Waals surface area contributed by atoms with Crippen LogP contribution in [0.1, 0.15) is 26.7 Å². The van der Waals surface area contributed by atoms with E-state index in [1.54, 1.807) is 38.4 Å². The van der Waals surface area contributed by atoms with Crippen molar-refractivity contribution in [2.45, 2.75) is 51.0 Å². The van der Waals surface area contributed by atoms with Gasteiger partial charge in [0.25, 0.3) is 0 Å². The lowest BCUT2D eigenvalue weighted by molar-refractivity contribution is -0.307. The van der Waals surface area contributed by atoms with Gasteiger partial charge in [-0.2, -0.15) is 0 Å². The Morgan fingerprint density at radius 1 is 1.16 bits per heavy atom. The van der Waals surface area contributed by atoms with Crippen LogP contribution >= 0.6 is 0 Å². The predicted molar refractivity (Wildman–Crippen MR) is 107 cm³/mol. The minimum atomic E-state index is -1.17. The number of aliphatic carboxylic acids is 1. The lowest BCUT2D eigenvalue weighted by atomic mass is 9.85. The van der Waals surface area contributed by atoms with Gasteiger partial charge in [0.2, 0.25) is 11.9 Å². The number of furan rings is 1. The van der Waals surface area contributed by atoms with Gasteiger partial charge < -0.3 is 34.4 Å². The SMILES string of the molecule is CC(C)(CC(=O)[O-])CC(=O)N[C@H]1CO[C@H]2[C@@H]1OC[C@@H]2Nc1nccc(-c2ccco2)n1. The molecule has 2 aromatic rings. The first kappa shape index (κ1) is 21.3. The van der Waals surface area contributed by atoms with Crippen molar-refractivity contribution in [3.05, 3.63) is 30.7 Å². The highest BCUT2D eigenvalue weighted by atomic mass is 16.6. The molecule has 2 aliphatic rings. The Hall–Kier alpha value is -2.98. The molecule has 0 radical (unpaired) electrons. The first-order valence-electron chi connectivity index (χ1n) is 10.2. The second-order valence-electron chi connectivity index (χ2n) is 8.65. The number of hydrogen-bond donors (Lipinski definition) is 2. The molecule has 1 amide bonds. The molecule has 2 aliphatic heterocycles. The summed E-state index contributed by atoms with van der Waals surface area (Å²) in [5.74, 6) is -0.334. The van der Waals surface area contributed by atoms with E-state index >= 15 is 0 Å². The van der Waals surface area contributed by atoms with Crippen molar-refractivity contribution in [3.8, 4) is 11.5 Å². The Kier molecular flexibility index (Phi) is 5.92. The number of carboxylic acids is 1. The Balaban J connectivity index is 1.34. The summed E-state index contributed by atoms with van der Waals surface area (Å²) in [6.07, 6.45) is 2.54. The number of hydrogen-bond acceptors (Lipinski definition) is 9. The molecule has 0 unspecified atom stereocenters. The van der Waals surface area contributed by atoms with Crippen molar-refractivity contribution < 1.29 is 28.6 Å². The highest BCUT2D eigenvalue weighted by Crippen LogP contribution is 2.30. The fraction of sp³-hybridized carbons (Fsp3) is 0.524. The summed E-state index contributed by atoms with van der Waals surface area (Å²) in [6, 6.07) is 4.90. The average Bonchev–Trinajstić information content (AvgIpc) is 3.41. The monoisotopic (exact) mass is 429 g/mol. The summed E-state index contributed by atoms with van der Waals surface area (Å²) < 4.78 is 17.2. The molecule has 166 valence electrons. The highest BCUT2D eigenvalue weighted by Gasteiger charge is 2.48.